The smallest absolute Gasteiger partial charge is 0.270 e. The average molecular weight is 354 g/mol. The first-order valence-corrected chi connectivity index (χ1v) is 10.1. The monoisotopic (exact) mass is 353 g/mol. The summed E-state index contributed by atoms with van der Waals surface area (Å²) in [5, 5.41) is 1.14. The number of rotatable bonds is 4. The predicted octanol–water partition coefficient (Wildman–Crippen LogP) is 3.76. The van der Waals surface area contributed by atoms with Gasteiger partial charge in [0.15, 0.2) is 0 Å². The van der Waals surface area contributed by atoms with Gasteiger partial charge < -0.3 is 9.47 Å². The fraction of sp³-hybridized carbons (Fsp3) is 0.591. The van der Waals surface area contributed by atoms with Crippen molar-refractivity contribution >= 4 is 16.8 Å². The summed E-state index contributed by atoms with van der Waals surface area (Å²) in [7, 11) is 2.01. The lowest BCUT2D eigenvalue weighted by Gasteiger charge is -2.34. The van der Waals surface area contributed by atoms with Gasteiger partial charge in [0.2, 0.25) is 0 Å². The summed E-state index contributed by atoms with van der Waals surface area (Å²) >= 11 is 0. The summed E-state index contributed by atoms with van der Waals surface area (Å²) in [6, 6.07) is 10.8. The molecule has 0 radical (unpaired) electrons. The molecule has 2 aliphatic rings. The number of hydrogen-bond acceptors (Lipinski definition) is 2. The highest BCUT2D eigenvalue weighted by atomic mass is 16.2. The van der Waals surface area contributed by atoms with Gasteiger partial charge in [-0.25, -0.2) is 0 Å². The molecule has 1 aromatic heterocycles. The molecule has 2 fully saturated rings. The van der Waals surface area contributed by atoms with Crippen LogP contribution in [0.2, 0.25) is 0 Å². The summed E-state index contributed by atoms with van der Waals surface area (Å²) in [4.78, 5) is 18.1. The van der Waals surface area contributed by atoms with Gasteiger partial charge in [-0.2, -0.15) is 0 Å². The van der Waals surface area contributed by atoms with E-state index in [0.717, 1.165) is 48.6 Å². The van der Waals surface area contributed by atoms with Gasteiger partial charge in [0.05, 0.1) is 0 Å². The fourth-order valence-electron chi connectivity index (χ4n) is 4.39. The van der Waals surface area contributed by atoms with Crippen molar-refractivity contribution in [3.63, 3.8) is 0 Å². The van der Waals surface area contributed by atoms with Crippen LogP contribution in [-0.4, -0.2) is 52.5 Å². The van der Waals surface area contributed by atoms with E-state index in [1.165, 1.54) is 19.4 Å². The fourth-order valence-corrected chi connectivity index (χ4v) is 4.39. The summed E-state index contributed by atoms with van der Waals surface area (Å²) in [6.45, 7) is 8.66. The zero-order valence-electron chi connectivity index (χ0n) is 16.3. The highest BCUT2D eigenvalue weighted by Gasteiger charge is 2.34. The molecule has 0 unspecified atom stereocenters. The molecule has 1 aliphatic carbocycles. The highest BCUT2D eigenvalue weighted by Crippen LogP contribution is 2.32. The van der Waals surface area contributed by atoms with Crippen LogP contribution in [0.5, 0.6) is 0 Å². The van der Waals surface area contributed by atoms with Gasteiger partial charge in [-0.15, -0.1) is 0 Å². The largest absolute Gasteiger partial charge is 0.340 e. The lowest BCUT2D eigenvalue weighted by atomic mass is 10.0. The lowest BCUT2D eigenvalue weighted by Crippen LogP contribution is -2.46. The second-order valence-corrected chi connectivity index (χ2v) is 8.50. The van der Waals surface area contributed by atoms with E-state index < -0.39 is 0 Å². The molecule has 4 heteroatoms. The van der Waals surface area contributed by atoms with E-state index in [1.54, 1.807) is 0 Å². The van der Waals surface area contributed by atoms with E-state index in [-0.39, 0.29) is 5.91 Å². The Morgan fingerprint density at radius 2 is 1.96 bits per heavy atom. The number of aryl methyl sites for hydroxylation is 1. The predicted molar refractivity (Wildman–Crippen MR) is 106 cm³/mol. The number of amides is 1. The minimum Gasteiger partial charge on any atom is -0.340 e. The van der Waals surface area contributed by atoms with Crippen molar-refractivity contribution in [1.29, 1.82) is 0 Å². The Morgan fingerprint density at radius 1 is 1.19 bits per heavy atom. The Balaban J connectivity index is 1.57. The zero-order chi connectivity index (χ0) is 18.3. The van der Waals surface area contributed by atoms with Crippen LogP contribution in [-0.2, 0) is 7.05 Å². The van der Waals surface area contributed by atoms with Crippen LogP contribution in [0.4, 0.5) is 0 Å². The van der Waals surface area contributed by atoms with Gasteiger partial charge >= 0.3 is 0 Å². The topological polar surface area (TPSA) is 28.5 Å². The van der Waals surface area contributed by atoms with Crippen molar-refractivity contribution in [3.8, 4) is 0 Å². The number of hydrogen-bond donors (Lipinski definition) is 0. The number of carbonyl (C=O) groups is 1. The standard InChI is InChI=1S/C22H31N3O/c1-16(2)21-15-25(12-6-11-24(21)14-17-9-10-17)22(26)20-13-18-7-4-5-8-19(18)23(20)3/h4-5,7-8,13,16-17,21H,6,9-12,14-15H2,1-3H3/t21-/m0/s1. The summed E-state index contributed by atoms with van der Waals surface area (Å²) in [5.74, 6) is 1.65. The Labute approximate surface area is 156 Å². The Morgan fingerprint density at radius 3 is 2.65 bits per heavy atom. The number of nitrogens with zero attached hydrogens (tertiary/aromatic N) is 3. The SMILES string of the molecule is CC(C)[C@@H]1CN(C(=O)c2cc3ccccc3n2C)CCCN1CC1CC1. The van der Waals surface area contributed by atoms with Crippen LogP contribution in [0.15, 0.2) is 30.3 Å². The maximum Gasteiger partial charge on any atom is 0.270 e. The summed E-state index contributed by atoms with van der Waals surface area (Å²) < 4.78 is 2.05. The van der Waals surface area contributed by atoms with Crippen LogP contribution >= 0.6 is 0 Å². The maximum absolute atomic E-state index is 13.3. The van der Waals surface area contributed by atoms with Gasteiger partial charge in [0.25, 0.3) is 5.91 Å². The molecule has 4 nitrogen and oxygen atoms in total. The van der Waals surface area contributed by atoms with Gasteiger partial charge in [0.1, 0.15) is 5.69 Å². The molecule has 1 amide bonds. The molecule has 4 rings (SSSR count). The molecule has 0 spiro atoms. The normalized spacial score (nSPS) is 22.2. The third-order valence-electron chi connectivity index (χ3n) is 6.17. The van der Waals surface area contributed by atoms with E-state index in [1.807, 2.05) is 19.2 Å². The number of benzene rings is 1. The average Bonchev–Trinajstić information content (AvgIpc) is 3.41. The third kappa shape index (κ3) is 3.39. The molecule has 26 heavy (non-hydrogen) atoms. The maximum atomic E-state index is 13.3. The quantitative estimate of drug-likeness (QED) is 0.837. The highest BCUT2D eigenvalue weighted by molar-refractivity contribution is 5.98. The zero-order valence-corrected chi connectivity index (χ0v) is 16.3. The van der Waals surface area contributed by atoms with Gasteiger partial charge in [-0.05, 0) is 43.2 Å². The second kappa shape index (κ2) is 7.07. The van der Waals surface area contributed by atoms with Crippen LogP contribution in [0.3, 0.4) is 0 Å². The number of carbonyl (C=O) groups excluding carboxylic acids is 1. The Bertz CT molecular complexity index is 790. The second-order valence-electron chi connectivity index (χ2n) is 8.50. The number of fused-ring (bicyclic) bond motifs is 1. The van der Waals surface area contributed by atoms with Crippen LogP contribution < -0.4 is 0 Å². The minimum absolute atomic E-state index is 0.183. The van der Waals surface area contributed by atoms with Crippen molar-refractivity contribution in [2.45, 2.75) is 39.2 Å². The van der Waals surface area contributed by atoms with Crippen molar-refractivity contribution < 1.29 is 4.79 Å². The molecule has 2 heterocycles. The molecular formula is C22H31N3O. The number of para-hydroxylation sites is 1. The molecule has 0 bridgehead atoms. The number of aromatic nitrogens is 1. The Hall–Kier alpha value is -1.81. The van der Waals surface area contributed by atoms with E-state index in [9.17, 15) is 4.79 Å². The first-order chi connectivity index (χ1) is 12.5. The van der Waals surface area contributed by atoms with Gasteiger partial charge in [-0.1, -0.05) is 32.0 Å². The molecule has 1 aromatic carbocycles. The Kier molecular flexibility index (Phi) is 4.78. The van der Waals surface area contributed by atoms with Crippen molar-refractivity contribution in [2.24, 2.45) is 18.9 Å². The molecular weight excluding hydrogens is 322 g/mol. The molecule has 2 aromatic rings. The van der Waals surface area contributed by atoms with Crippen molar-refractivity contribution in [3.05, 3.63) is 36.0 Å². The van der Waals surface area contributed by atoms with E-state index in [2.05, 4.69) is 46.4 Å². The van der Waals surface area contributed by atoms with E-state index in [4.69, 9.17) is 0 Å². The van der Waals surface area contributed by atoms with Gasteiger partial charge in [-0.3, -0.25) is 9.69 Å². The summed E-state index contributed by atoms with van der Waals surface area (Å²) in [6.07, 6.45) is 3.85. The van der Waals surface area contributed by atoms with Crippen LogP contribution in [0, 0.1) is 11.8 Å². The molecule has 1 saturated heterocycles. The van der Waals surface area contributed by atoms with Crippen molar-refractivity contribution in [2.75, 3.05) is 26.2 Å². The minimum atomic E-state index is 0.183. The van der Waals surface area contributed by atoms with Crippen LogP contribution in [0.1, 0.15) is 43.6 Å². The molecule has 1 saturated carbocycles. The molecule has 1 aliphatic heterocycles. The first kappa shape index (κ1) is 17.6. The van der Waals surface area contributed by atoms with E-state index in [0.29, 0.717) is 12.0 Å². The summed E-state index contributed by atoms with van der Waals surface area (Å²) in [5.41, 5.74) is 1.94. The molecule has 140 valence electrons. The van der Waals surface area contributed by atoms with Crippen molar-refractivity contribution in [1.82, 2.24) is 14.4 Å². The molecule has 0 N–H and O–H groups in total. The van der Waals surface area contributed by atoms with Gasteiger partial charge in [0, 0.05) is 50.2 Å². The third-order valence-corrected chi connectivity index (χ3v) is 6.17. The lowest BCUT2D eigenvalue weighted by molar-refractivity contribution is 0.0695. The molecule has 1 atom stereocenters. The van der Waals surface area contributed by atoms with Crippen LogP contribution in [0.25, 0.3) is 10.9 Å². The van der Waals surface area contributed by atoms with E-state index >= 15 is 0 Å². The first-order valence-electron chi connectivity index (χ1n) is 10.1.